The van der Waals surface area contributed by atoms with E-state index < -0.39 is 10.8 Å². The van der Waals surface area contributed by atoms with Crippen LogP contribution in [0.5, 0.6) is 0 Å². The third kappa shape index (κ3) is 5.65. The van der Waals surface area contributed by atoms with Crippen molar-refractivity contribution in [3.8, 4) is 11.1 Å². The van der Waals surface area contributed by atoms with Crippen molar-refractivity contribution in [3.63, 3.8) is 0 Å². The molecule has 0 bridgehead atoms. The lowest BCUT2D eigenvalue weighted by atomic mass is 9.26. The zero-order valence-corrected chi connectivity index (χ0v) is 39.2. The van der Waals surface area contributed by atoms with Crippen LogP contribution < -0.4 is 21.3 Å². The van der Waals surface area contributed by atoms with E-state index in [4.69, 9.17) is 0 Å². The van der Waals surface area contributed by atoms with Crippen LogP contribution in [0.25, 0.3) is 21.2 Å². The Labute approximate surface area is 407 Å². The number of nitrogens with zero attached hydrogens (tertiary/aromatic N) is 1. The third-order valence-electron chi connectivity index (χ3n) is 15.6. The largest absolute Gasteiger partial charge is 0.312 e. The molecule has 10 aromatic rings. The first kappa shape index (κ1) is 40.0. The molecule has 322 valence electrons. The summed E-state index contributed by atoms with van der Waals surface area (Å²) < 4.78 is 1.32. The van der Waals surface area contributed by atoms with Crippen molar-refractivity contribution in [2.75, 3.05) is 4.90 Å². The molecule has 0 amide bonds. The fourth-order valence-electron chi connectivity index (χ4n) is 12.9. The van der Waals surface area contributed by atoms with Crippen molar-refractivity contribution >= 4 is 67.7 Å². The number of hydrogen-bond donors (Lipinski definition) is 0. The summed E-state index contributed by atoms with van der Waals surface area (Å²) >= 11 is 3.83. The minimum Gasteiger partial charge on any atom is -0.312 e. The van der Waals surface area contributed by atoms with Gasteiger partial charge in [-0.15, -0.1) is 11.3 Å². The van der Waals surface area contributed by atoms with Gasteiger partial charge in [0.05, 0.1) is 16.5 Å². The lowest BCUT2D eigenvalue weighted by Gasteiger charge is -2.51. The zero-order chi connectivity index (χ0) is 44.8. The van der Waals surface area contributed by atoms with E-state index in [1.165, 1.54) is 122 Å². The summed E-state index contributed by atoms with van der Waals surface area (Å²) in [6, 6.07) is 86.0. The molecule has 4 heteroatoms. The molecule has 14 rings (SSSR count). The van der Waals surface area contributed by atoms with E-state index in [0.29, 0.717) is 0 Å². The average molecular weight is 904 g/mol. The van der Waals surface area contributed by atoms with Crippen molar-refractivity contribution in [2.45, 2.75) is 41.4 Å². The topological polar surface area (TPSA) is 3.24 Å². The molecule has 0 fully saturated rings. The molecule has 68 heavy (non-hydrogen) atoms. The number of para-hydroxylation sites is 1. The lowest BCUT2D eigenvalue weighted by Crippen LogP contribution is -2.68. The monoisotopic (exact) mass is 903 g/mol. The van der Waals surface area contributed by atoms with Crippen LogP contribution in [0.1, 0.15) is 70.2 Å². The van der Waals surface area contributed by atoms with Gasteiger partial charge in [-0.05, 0) is 111 Å². The number of fused-ring (bicyclic) bond motifs is 6. The van der Waals surface area contributed by atoms with E-state index in [0.717, 1.165) is 12.8 Å². The molecular weight excluding hydrogens is 858 g/mol. The van der Waals surface area contributed by atoms with Gasteiger partial charge in [0.2, 0.25) is 6.71 Å². The van der Waals surface area contributed by atoms with Crippen LogP contribution in [-0.2, 0) is 10.8 Å². The maximum atomic E-state index is 2.64. The fourth-order valence-corrected chi connectivity index (χ4v) is 15.1. The second-order valence-electron chi connectivity index (χ2n) is 18.9. The first-order chi connectivity index (χ1) is 33.7. The molecule has 4 heterocycles. The molecule has 9 aromatic carbocycles. The van der Waals surface area contributed by atoms with E-state index in [1.807, 2.05) is 23.1 Å². The molecule has 0 N–H and O–H groups in total. The van der Waals surface area contributed by atoms with Crippen LogP contribution >= 0.6 is 23.1 Å². The Bertz CT molecular complexity index is 3540. The maximum absolute atomic E-state index is 2.64. The molecule has 3 aliphatic heterocycles. The standard InChI is InChI=1S/C64H46BNS2/c1-5-20-44(21-6-1)63(45-22-7-2-8-23-45)51-38-36-43(50-42-67-59-33-16-13-28-49(50)59)40-56(51)65-55-39-37-48(66-57-31-14-17-34-60(57)68-61-35-18-15-32-58(61)66)41-54(55)64(46-24-9-3-10-25-46,47-26-11-4-12-27-47)53-30-19-29-52(63)62(53)65/h1-14,16-17,19-31,33-34,36-42H,15,18,32,35H2. The number of hydrogen-bond acceptors (Lipinski definition) is 3. The van der Waals surface area contributed by atoms with Crippen molar-refractivity contribution in [2.24, 2.45) is 0 Å². The van der Waals surface area contributed by atoms with Crippen molar-refractivity contribution in [3.05, 3.63) is 285 Å². The smallest absolute Gasteiger partial charge is 0.242 e. The SMILES string of the molecule is c1ccc(C2(c3ccccc3)c3ccc(-c4csc5ccccc45)cc3B3c4ccc(N5C6=C(CCCC6)Sc6ccccc65)cc4C(c4ccccc4)(c4ccccc4)c4cccc2c43)cc1. The van der Waals surface area contributed by atoms with E-state index in [2.05, 4.69) is 235 Å². The Hall–Kier alpha value is -7.11. The first-order valence-electron chi connectivity index (χ1n) is 24.1. The average Bonchev–Trinajstić information content (AvgIpc) is 3.85. The number of thiophene rings is 1. The van der Waals surface area contributed by atoms with Gasteiger partial charge in [-0.3, -0.25) is 0 Å². The number of benzene rings is 9. The van der Waals surface area contributed by atoms with Gasteiger partial charge in [-0.25, -0.2) is 0 Å². The number of allylic oxidation sites excluding steroid dienone is 2. The predicted molar refractivity (Wildman–Crippen MR) is 288 cm³/mol. The third-order valence-corrected chi connectivity index (χ3v) is 17.8. The molecular formula is C64H46BNS2. The van der Waals surface area contributed by atoms with Gasteiger partial charge < -0.3 is 4.90 Å². The van der Waals surface area contributed by atoms with Crippen molar-refractivity contribution in [1.29, 1.82) is 0 Å². The summed E-state index contributed by atoms with van der Waals surface area (Å²) in [5.41, 5.74) is 19.9. The minimum absolute atomic E-state index is 0.0418. The highest BCUT2D eigenvalue weighted by Gasteiger charge is 2.55. The number of rotatable bonds is 6. The van der Waals surface area contributed by atoms with Gasteiger partial charge in [0.25, 0.3) is 0 Å². The van der Waals surface area contributed by atoms with Crippen LogP contribution in [0.2, 0.25) is 0 Å². The molecule has 1 aliphatic carbocycles. The van der Waals surface area contributed by atoms with Crippen LogP contribution in [-0.4, -0.2) is 6.71 Å². The van der Waals surface area contributed by atoms with E-state index in [-0.39, 0.29) is 6.71 Å². The number of thioether (sulfide) groups is 1. The second-order valence-corrected chi connectivity index (χ2v) is 20.9. The Morgan fingerprint density at radius 1 is 0.456 bits per heavy atom. The molecule has 0 saturated heterocycles. The Morgan fingerprint density at radius 2 is 1.04 bits per heavy atom. The Kier molecular flexibility index (Phi) is 9.26. The summed E-state index contributed by atoms with van der Waals surface area (Å²) in [6.45, 7) is -0.0418. The molecule has 1 aromatic heterocycles. The molecule has 0 spiro atoms. The molecule has 0 atom stereocenters. The lowest BCUT2D eigenvalue weighted by molar-refractivity contribution is 0.680. The summed E-state index contributed by atoms with van der Waals surface area (Å²) in [5.74, 6) is 0. The summed E-state index contributed by atoms with van der Waals surface area (Å²) in [6.07, 6.45) is 4.67. The molecule has 0 unspecified atom stereocenters. The minimum atomic E-state index is -0.651. The highest BCUT2D eigenvalue weighted by molar-refractivity contribution is 8.03. The highest BCUT2D eigenvalue weighted by atomic mass is 32.2. The van der Waals surface area contributed by atoms with Crippen molar-refractivity contribution in [1.82, 2.24) is 0 Å². The Morgan fingerprint density at radius 3 is 1.72 bits per heavy atom. The quantitative estimate of drug-likeness (QED) is 0.153. The van der Waals surface area contributed by atoms with Gasteiger partial charge >= 0.3 is 0 Å². The molecule has 0 saturated carbocycles. The summed E-state index contributed by atoms with van der Waals surface area (Å²) in [5, 5.41) is 3.68. The van der Waals surface area contributed by atoms with E-state index in [9.17, 15) is 0 Å². The van der Waals surface area contributed by atoms with Gasteiger partial charge in [-0.1, -0.05) is 222 Å². The normalized spacial score (nSPS) is 16.1. The van der Waals surface area contributed by atoms with Gasteiger partial charge in [0.1, 0.15) is 0 Å². The van der Waals surface area contributed by atoms with Crippen LogP contribution in [0.3, 0.4) is 0 Å². The summed E-state index contributed by atoms with van der Waals surface area (Å²) in [7, 11) is 0. The molecule has 4 aliphatic rings. The predicted octanol–water partition coefficient (Wildman–Crippen LogP) is 14.5. The fraction of sp³-hybridized carbons (Fsp3) is 0.0938. The first-order valence-corrected chi connectivity index (χ1v) is 25.8. The van der Waals surface area contributed by atoms with Gasteiger partial charge in [0.15, 0.2) is 0 Å². The van der Waals surface area contributed by atoms with Gasteiger partial charge in [-0.2, -0.15) is 0 Å². The summed E-state index contributed by atoms with van der Waals surface area (Å²) in [4.78, 5) is 5.50. The molecule has 0 radical (unpaired) electrons. The maximum Gasteiger partial charge on any atom is 0.242 e. The highest BCUT2D eigenvalue weighted by Crippen LogP contribution is 2.55. The van der Waals surface area contributed by atoms with Crippen LogP contribution in [0.4, 0.5) is 11.4 Å². The Balaban J connectivity index is 1.14. The zero-order valence-electron chi connectivity index (χ0n) is 37.6. The second kappa shape index (κ2) is 15.7. The van der Waals surface area contributed by atoms with Crippen LogP contribution in [0.15, 0.2) is 245 Å². The van der Waals surface area contributed by atoms with Crippen molar-refractivity contribution < 1.29 is 0 Å². The molecule has 1 nitrogen and oxygen atoms in total. The van der Waals surface area contributed by atoms with E-state index >= 15 is 0 Å². The number of anilines is 2. The van der Waals surface area contributed by atoms with Gasteiger partial charge in [0, 0.05) is 36.8 Å². The van der Waals surface area contributed by atoms with Crippen LogP contribution in [0, 0.1) is 0 Å². The van der Waals surface area contributed by atoms with E-state index in [1.54, 1.807) is 0 Å².